The van der Waals surface area contributed by atoms with E-state index in [-0.39, 0.29) is 0 Å². The van der Waals surface area contributed by atoms with Crippen LogP contribution in [0.15, 0.2) is 28.7 Å². The second kappa shape index (κ2) is 4.87. The molecule has 2 aliphatic heterocycles. The molecule has 0 aromatic heterocycles. The molecule has 2 aliphatic rings. The van der Waals surface area contributed by atoms with Crippen molar-refractivity contribution in [1.82, 2.24) is 0 Å². The van der Waals surface area contributed by atoms with Gasteiger partial charge in [-0.25, -0.2) is 0 Å². The average molecular weight is 325 g/mol. The van der Waals surface area contributed by atoms with Gasteiger partial charge in [-0.3, -0.25) is 0 Å². The molecule has 0 aliphatic carbocycles. The maximum atomic E-state index is 3.69. The van der Waals surface area contributed by atoms with Gasteiger partial charge in [0.05, 0.1) is 37.0 Å². The van der Waals surface area contributed by atoms with Crippen LogP contribution in [0.3, 0.4) is 0 Å². The quantitative estimate of drug-likeness (QED) is 0.804. The standard InChI is InChI=1S/C16H23BrN2/c1-15-8-16(2,10-18-9-15)12-19(11-15)7-13-5-3-4-6-14(13)17/h3-6,18H,7-12H2,1-2H3/p+2. The molecular formula is C16H25BrN2+2. The molecule has 19 heavy (non-hydrogen) atoms. The Labute approximate surface area is 124 Å². The molecule has 2 heterocycles. The fraction of sp³-hybridized carbons (Fsp3) is 0.625. The summed E-state index contributed by atoms with van der Waals surface area (Å²) >= 11 is 3.69. The molecule has 3 heteroatoms. The van der Waals surface area contributed by atoms with Gasteiger partial charge in [0.2, 0.25) is 0 Å². The van der Waals surface area contributed by atoms with E-state index in [1.165, 1.54) is 42.6 Å². The molecule has 3 N–H and O–H groups in total. The molecule has 2 atom stereocenters. The van der Waals surface area contributed by atoms with Crippen molar-refractivity contribution in [1.29, 1.82) is 0 Å². The average Bonchev–Trinajstić information content (AvgIpc) is 2.29. The van der Waals surface area contributed by atoms with Crippen molar-refractivity contribution in [3.05, 3.63) is 34.3 Å². The zero-order chi connectivity index (χ0) is 13.5. The number of quaternary nitrogens is 2. The van der Waals surface area contributed by atoms with Crippen LogP contribution in [-0.2, 0) is 6.54 Å². The lowest BCUT2D eigenvalue weighted by molar-refractivity contribution is -0.945. The van der Waals surface area contributed by atoms with Crippen molar-refractivity contribution in [2.45, 2.75) is 26.8 Å². The first kappa shape index (κ1) is 13.6. The number of hydrogen-bond donors (Lipinski definition) is 2. The molecule has 2 bridgehead atoms. The monoisotopic (exact) mass is 324 g/mol. The van der Waals surface area contributed by atoms with Crippen LogP contribution >= 0.6 is 15.9 Å². The van der Waals surface area contributed by atoms with Crippen molar-refractivity contribution >= 4 is 15.9 Å². The number of fused-ring (bicyclic) bond motifs is 2. The summed E-state index contributed by atoms with van der Waals surface area (Å²) in [5, 5.41) is 2.54. The van der Waals surface area contributed by atoms with E-state index >= 15 is 0 Å². The molecule has 3 rings (SSSR count). The summed E-state index contributed by atoms with van der Waals surface area (Å²) in [6.07, 6.45) is 1.41. The van der Waals surface area contributed by atoms with Crippen LogP contribution in [0.25, 0.3) is 0 Å². The van der Waals surface area contributed by atoms with Gasteiger partial charge in [-0.15, -0.1) is 0 Å². The Bertz CT molecular complexity index is 458. The first-order chi connectivity index (χ1) is 8.98. The molecule has 2 unspecified atom stereocenters. The Balaban J connectivity index is 1.77. The van der Waals surface area contributed by atoms with Crippen LogP contribution in [0, 0.1) is 10.8 Å². The molecule has 104 valence electrons. The number of rotatable bonds is 2. The number of nitrogens with two attached hydrogens (primary N) is 1. The van der Waals surface area contributed by atoms with Crippen LogP contribution in [0.1, 0.15) is 25.8 Å². The van der Waals surface area contributed by atoms with E-state index in [0.29, 0.717) is 10.8 Å². The van der Waals surface area contributed by atoms with Gasteiger partial charge < -0.3 is 10.2 Å². The minimum absolute atomic E-state index is 0.530. The Hall–Kier alpha value is -0.380. The summed E-state index contributed by atoms with van der Waals surface area (Å²) in [6.45, 7) is 11.4. The van der Waals surface area contributed by atoms with Gasteiger partial charge in [0.1, 0.15) is 6.54 Å². The highest BCUT2D eigenvalue weighted by atomic mass is 79.9. The maximum Gasteiger partial charge on any atom is 0.104 e. The molecule has 2 nitrogen and oxygen atoms in total. The molecule has 1 aromatic carbocycles. The fourth-order valence-corrected chi connectivity index (χ4v) is 4.94. The summed E-state index contributed by atoms with van der Waals surface area (Å²) < 4.78 is 1.26. The van der Waals surface area contributed by atoms with Crippen molar-refractivity contribution in [3.8, 4) is 0 Å². The molecule has 2 saturated heterocycles. The fourth-order valence-electron chi connectivity index (χ4n) is 4.52. The molecule has 0 radical (unpaired) electrons. The van der Waals surface area contributed by atoms with Crippen molar-refractivity contribution in [3.63, 3.8) is 0 Å². The Morgan fingerprint density at radius 3 is 2.42 bits per heavy atom. The summed E-state index contributed by atoms with van der Waals surface area (Å²) in [6, 6.07) is 8.68. The Morgan fingerprint density at radius 2 is 1.79 bits per heavy atom. The van der Waals surface area contributed by atoms with E-state index < -0.39 is 0 Å². The van der Waals surface area contributed by atoms with E-state index in [2.05, 4.69) is 59.4 Å². The number of likely N-dealkylation sites (tertiary alicyclic amines) is 1. The number of nitrogens with one attached hydrogen (secondary N) is 1. The van der Waals surface area contributed by atoms with Gasteiger partial charge >= 0.3 is 0 Å². The van der Waals surface area contributed by atoms with Crippen molar-refractivity contribution < 1.29 is 10.2 Å². The van der Waals surface area contributed by atoms with E-state index in [0.717, 1.165) is 6.54 Å². The predicted octanol–water partition coefficient (Wildman–Crippen LogP) is 0.827. The zero-order valence-electron chi connectivity index (χ0n) is 12.0. The molecule has 0 saturated carbocycles. The highest BCUT2D eigenvalue weighted by Crippen LogP contribution is 2.35. The SMILES string of the molecule is CC12C[NH2+]CC(C)(C[NH+](Cc3ccccc3Br)C1)C2. The van der Waals surface area contributed by atoms with E-state index in [4.69, 9.17) is 0 Å². The van der Waals surface area contributed by atoms with Crippen molar-refractivity contribution in [2.75, 3.05) is 26.2 Å². The lowest BCUT2D eigenvalue weighted by atomic mass is 9.66. The minimum Gasteiger partial charge on any atom is -0.345 e. The summed E-state index contributed by atoms with van der Waals surface area (Å²) in [5.41, 5.74) is 2.51. The van der Waals surface area contributed by atoms with Crippen molar-refractivity contribution in [2.24, 2.45) is 10.8 Å². The van der Waals surface area contributed by atoms with E-state index in [9.17, 15) is 0 Å². The highest BCUT2D eigenvalue weighted by molar-refractivity contribution is 9.10. The normalized spacial score (nSPS) is 38.2. The van der Waals surface area contributed by atoms with Crippen LogP contribution in [0.4, 0.5) is 0 Å². The van der Waals surface area contributed by atoms with E-state index in [1.807, 2.05) is 0 Å². The van der Waals surface area contributed by atoms with E-state index in [1.54, 1.807) is 4.90 Å². The lowest BCUT2D eigenvalue weighted by Gasteiger charge is -2.49. The Kier molecular flexibility index (Phi) is 3.48. The first-order valence-corrected chi connectivity index (χ1v) is 8.16. The smallest absolute Gasteiger partial charge is 0.104 e. The van der Waals surface area contributed by atoms with Gasteiger partial charge in [0.15, 0.2) is 0 Å². The molecule has 1 aromatic rings. The third-order valence-electron chi connectivity index (χ3n) is 4.88. The second-order valence-electron chi connectivity index (χ2n) is 7.37. The summed E-state index contributed by atoms with van der Waals surface area (Å²) in [7, 11) is 0. The van der Waals surface area contributed by atoms with Crippen LogP contribution in [-0.4, -0.2) is 26.2 Å². The third-order valence-corrected chi connectivity index (χ3v) is 5.65. The highest BCUT2D eigenvalue weighted by Gasteiger charge is 2.50. The largest absolute Gasteiger partial charge is 0.345 e. The minimum atomic E-state index is 0.530. The van der Waals surface area contributed by atoms with Gasteiger partial charge in [0, 0.05) is 10.0 Å². The van der Waals surface area contributed by atoms with Crippen LogP contribution < -0.4 is 10.2 Å². The topological polar surface area (TPSA) is 21.1 Å². The van der Waals surface area contributed by atoms with Gasteiger partial charge in [-0.05, 0) is 26.3 Å². The molecule has 2 fully saturated rings. The zero-order valence-corrected chi connectivity index (χ0v) is 13.6. The maximum absolute atomic E-state index is 3.69. The number of halogens is 1. The molecule has 0 amide bonds. The van der Waals surface area contributed by atoms with Crippen LogP contribution in [0.5, 0.6) is 0 Å². The van der Waals surface area contributed by atoms with Gasteiger partial charge in [-0.1, -0.05) is 34.1 Å². The number of benzene rings is 1. The number of hydrogen-bond acceptors (Lipinski definition) is 0. The Morgan fingerprint density at radius 1 is 1.16 bits per heavy atom. The molecular weight excluding hydrogens is 300 g/mol. The summed E-state index contributed by atoms with van der Waals surface area (Å²) in [5.74, 6) is 0. The second-order valence-corrected chi connectivity index (χ2v) is 8.22. The van der Waals surface area contributed by atoms with Gasteiger partial charge in [0.25, 0.3) is 0 Å². The number of piperidine rings is 2. The molecule has 0 spiro atoms. The summed E-state index contributed by atoms with van der Waals surface area (Å²) in [4.78, 5) is 1.76. The third kappa shape index (κ3) is 2.88. The lowest BCUT2D eigenvalue weighted by Crippen LogP contribution is -3.17. The predicted molar refractivity (Wildman–Crippen MR) is 81.0 cm³/mol. The first-order valence-electron chi connectivity index (χ1n) is 7.37. The van der Waals surface area contributed by atoms with Crippen LogP contribution in [0.2, 0.25) is 0 Å². The van der Waals surface area contributed by atoms with Gasteiger partial charge in [-0.2, -0.15) is 0 Å².